The van der Waals surface area contributed by atoms with Gasteiger partial charge in [0.05, 0.1) is 6.61 Å². The maximum Gasteiger partial charge on any atom is 0.330 e. The molecule has 0 spiro atoms. The van der Waals surface area contributed by atoms with Crippen molar-refractivity contribution in [2.75, 3.05) is 18.1 Å². The van der Waals surface area contributed by atoms with E-state index in [4.69, 9.17) is 10.5 Å². The van der Waals surface area contributed by atoms with E-state index < -0.39 is 0 Å². The molecule has 0 radical (unpaired) electrons. The van der Waals surface area contributed by atoms with Crippen molar-refractivity contribution in [3.63, 3.8) is 0 Å². The Kier molecular flexibility index (Phi) is 6.15. The maximum atomic E-state index is 11.0. The van der Waals surface area contributed by atoms with Gasteiger partial charge in [0, 0.05) is 26.9 Å². The van der Waals surface area contributed by atoms with Crippen LogP contribution in [0.2, 0.25) is 0 Å². The van der Waals surface area contributed by atoms with Crippen molar-refractivity contribution in [1.82, 2.24) is 0 Å². The van der Waals surface area contributed by atoms with Gasteiger partial charge in [-0.3, -0.25) is 0 Å². The Hall–Kier alpha value is -0.940. The van der Waals surface area contributed by atoms with E-state index in [0.29, 0.717) is 12.4 Å². The van der Waals surface area contributed by atoms with Crippen LogP contribution >= 0.6 is 27.7 Å². The average Bonchev–Trinajstić information content (AvgIpc) is 2.27. The van der Waals surface area contributed by atoms with Crippen molar-refractivity contribution < 1.29 is 9.53 Å². The predicted octanol–water partition coefficient (Wildman–Crippen LogP) is 3.24. The fourth-order valence-electron chi connectivity index (χ4n) is 1.11. The van der Waals surface area contributed by atoms with Crippen molar-refractivity contribution in [2.24, 2.45) is 0 Å². The smallest absolute Gasteiger partial charge is 0.330 e. The lowest BCUT2D eigenvalue weighted by Crippen LogP contribution is -1.98. The zero-order valence-electron chi connectivity index (χ0n) is 9.48. The summed E-state index contributed by atoms with van der Waals surface area (Å²) in [6.07, 6.45) is 3.23. The molecule has 0 fully saturated rings. The number of anilines is 1. The first-order chi connectivity index (χ1) is 8.13. The summed E-state index contributed by atoms with van der Waals surface area (Å²) in [5, 5.41) is 0. The summed E-state index contributed by atoms with van der Waals surface area (Å²) in [5.74, 6) is 0.408. The van der Waals surface area contributed by atoms with E-state index in [-0.39, 0.29) is 5.97 Å². The molecule has 0 aliphatic heterocycles. The number of carbonyl (C=O) groups excluding carboxylic acids is 1. The summed E-state index contributed by atoms with van der Waals surface area (Å²) < 4.78 is 5.74. The molecule has 0 unspecified atom stereocenters. The highest BCUT2D eigenvalue weighted by Gasteiger charge is 2.00. The number of ether oxygens (including phenoxy) is 1. The fraction of sp³-hybridized carbons (Fsp3) is 0.250. The standard InChI is InChI=1S/C12H14BrNO2S/c1-2-16-12(15)4-3-7-17-11-6-5-9(14)8-10(11)13/h3-6,8H,2,7,14H2,1H3/b4-3+. The number of rotatable bonds is 5. The number of hydrogen-bond acceptors (Lipinski definition) is 4. The lowest BCUT2D eigenvalue weighted by molar-refractivity contribution is -0.137. The first-order valence-corrected chi connectivity index (χ1v) is 6.92. The zero-order chi connectivity index (χ0) is 12.7. The van der Waals surface area contributed by atoms with Gasteiger partial charge in [0.25, 0.3) is 0 Å². The zero-order valence-corrected chi connectivity index (χ0v) is 11.9. The molecule has 1 rings (SSSR count). The first kappa shape index (κ1) is 14.1. The van der Waals surface area contributed by atoms with Gasteiger partial charge in [-0.1, -0.05) is 6.08 Å². The summed E-state index contributed by atoms with van der Waals surface area (Å²) in [4.78, 5) is 12.1. The van der Waals surface area contributed by atoms with E-state index in [1.807, 2.05) is 18.2 Å². The topological polar surface area (TPSA) is 52.3 Å². The molecule has 0 saturated carbocycles. The van der Waals surface area contributed by atoms with Crippen LogP contribution in [0.5, 0.6) is 0 Å². The molecule has 1 aromatic carbocycles. The second kappa shape index (κ2) is 7.40. The Balaban J connectivity index is 2.43. The summed E-state index contributed by atoms with van der Waals surface area (Å²) >= 11 is 5.06. The lowest BCUT2D eigenvalue weighted by Gasteiger charge is -2.02. The Morgan fingerprint density at radius 1 is 1.59 bits per heavy atom. The minimum atomic E-state index is -0.301. The summed E-state index contributed by atoms with van der Waals surface area (Å²) in [6, 6.07) is 5.65. The molecule has 1 aromatic rings. The molecule has 0 aromatic heterocycles. The van der Waals surface area contributed by atoms with Crippen molar-refractivity contribution in [1.29, 1.82) is 0 Å². The lowest BCUT2D eigenvalue weighted by atomic mass is 10.3. The van der Waals surface area contributed by atoms with Gasteiger partial charge in [-0.05, 0) is 41.1 Å². The van der Waals surface area contributed by atoms with E-state index in [1.165, 1.54) is 6.08 Å². The highest BCUT2D eigenvalue weighted by molar-refractivity contribution is 9.10. The van der Waals surface area contributed by atoms with Crippen LogP contribution in [0.4, 0.5) is 5.69 Å². The van der Waals surface area contributed by atoms with Crippen molar-refractivity contribution in [3.8, 4) is 0 Å². The number of benzene rings is 1. The van der Waals surface area contributed by atoms with Crippen LogP contribution in [0.3, 0.4) is 0 Å². The molecule has 0 atom stereocenters. The minimum Gasteiger partial charge on any atom is -0.463 e. The van der Waals surface area contributed by atoms with Gasteiger partial charge in [-0.25, -0.2) is 4.79 Å². The third-order valence-electron chi connectivity index (χ3n) is 1.83. The molecular formula is C12H14BrNO2S. The third-order valence-corrected chi connectivity index (χ3v) is 3.78. The van der Waals surface area contributed by atoms with E-state index in [1.54, 1.807) is 24.8 Å². The number of nitrogens with two attached hydrogens (primary N) is 1. The van der Waals surface area contributed by atoms with Crippen molar-refractivity contribution in [3.05, 3.63) is 34.8 Å². The molecule has 0 saturated heterocycles. The molecule has 92 valence electrons. The van der Waals surface area contributed by atoms with Gasteiger partial charge < -0.3 is 10.5 Å². The molecule has 17 heavy (non-hydrogen) atoms. The summed E-state index contributed by atoms with van der Waals surface area (Å²) in [6.45, 7) is 2.19. The fourth-order valence-corrected chi connectivity index (χ4v) is 2.58. The second-order valence-electron chi connectivity index (χ2n) is 3.16. The monoisotopic (exact) mass is 315 g/mol. The van der Waals surface area contributed by atoms with Crippen molar-refractivity contribution in [2.45, 2.75) is 11.8 Å². The van der Waals surface area contributed by atoms with Gasteiger partial charge in [0.2, 0.25) is 0 Å². The van der Waals surface area contributed by atoms with E-state index >= 15 is 0 Å². The molecule has 0 heterocycles. The van der Waals surface area contributed by atoms with E-state index in [0.717, 1.165) is 15.1 Å². The molecular weight excluding hydrogens is 302 g/mol. The summed E-state index contributed by atoms with van der Waals surface area (Å²) in [7, 11) is 0. The molecule has 0 amide bonds. The summed E-state index contributed by atoms with van der Waals surface area (Å²) in [5.41, 5.74) is 6.37. The number of halogens is 1. The molecule has 0 aliphatic rings. The predicted molar refractivity (Wildman–Crippen MR) is 75.1 cm³/mol. The highest BCUT2D eigenvalue weighted by Crippen LogP contribution is 2.29. The Morgan fingerprint density at radius 3 is 3.00 bits per heavy atom. The molecule has 0 bridgehead atoms. The van der Waals surface area contributed by atoms with Crippen molar-refractivity contribution >= 4 is 39.3 Å². The second-order valence-corrected chi connectivity index (χ2v) is 5.07. The minimum absolute atomic E-state index is 0.301. The van der Waals surface area contributed by atoms with Crippen LogP contribution in [0.1, 0.15) is 6.92 Å². The van der Waals surface area contributed by atoms with Crippen LogP contribution in [0.25, 0.3) is 0 Å². The first-order valence-electron chi connectivity index (χ1n) is 5.14. The largest absolute Gasteiger partial charge is 0.463 e. The number of nitrogen functional groups attached to an aromatic ring is 1. The molecule has 5 heteroatoms. The number of esters is 1. The van der Waals surface area contributed by atoms with E-state index in [9.17, 15) is 4.79 Å². The quantitative estimate of drug-likeness (QED) is 0.392. The molecule has 2 N–H and O–H groups in total. The van der Waals surface area contributed by atoms with Crippen LogP contribution in [0, 0.1) is 0 Å². The van der Waals surface area contributed by atoms with Gasteiger partial charge >= 0.3 is 5.97 Å². The van der Waals surface area contributed by atoms with E-state index in [2.05, 4.69) is 15.9 Å². The Morgan fingerprint density at radius 2 is 2.35 bits per heavy atom. The Labute approximate surface area is 114 Å². The van der Waals surface area contributed by atoms with Crippen LogP contribution in [-0.4, -0.2) is 18.3 Å². The maximum absolute atomic E-state index is 11.0. The average molecular weight is 316 g/mol. The van der Waals surface area contributed by atoms with Crippen LogP contribution in [-0.2, 0) is 9.53 Å². The number of hydrogen-bond donors (Lipinski definition) is 1. The highest BCUT2D eigenvalue weighted by atomic mass is 79.9. The van der Waals surface area contributed by atoms with Gasteiger partial charge in [-0.2, -0.15) is 0 Å². The van der Waals surface area contributed by atoms with Gasteiger partial charge in [0.15, 0.2) is 0 Å². The van der Waals surface area contributed by atoms with Crippen LogP contribution in [0.15, 0.2) is 39.7 Å². The van der Waals surface area contributed by atoms with Crippen LogP contribution < -0.4 is 5.73 Å². The number of thioether (sulfide) groups is 1. The van der Waals surface area contributed by atoms with Gasteiger partial charge in [0.1, 0.15) is 0 Å². The third kappa shape index (κ3) is 5.28. The Bertz CT molecular complexity index is 421. The normalized spacial score (nSPS) is 10.7. The number of carbonyl (C=O) groups is 1. The molecule has 0 aliphatic carbocycles. The molecule has 3 nitrogen and oxygen atoms in total. The SMILES string of the molecule is CCOC(=O)/C=C/CSc1ccc(N)cc1Br. The van der Waals surface area contributed by atoms with Gasteiger partial charge in [-0.15, -0.1) is 11.8 Å².